The fraction of sp³-hybridized carbons (Fsp3) is 0.286. The summed E-state index contributed by atoms with van der Waals surface area (Å²) in [6.45, 7) is 2.22. The molecule has 0 radical (unpaired) electrons. The Morgan fingerprint density at radius 3 is 2.67 bits per heavy atom. The molecule has 0 bridgehead atoms. The number of methoxy groups -OCH3 is 1. The number of aryl methyl sites for hydroxylation is 1. The Bertz CT molecular complexity index is 957. The fourth-order valence-corrected chi connectivity index (χ4v) is 3.01. The topological polar surface area (TPSA) is 89.1 Å². The van der Waals surface area contributed by atoms with E-state index >= 15 is 0 Å². The van der Waals surface area contributed by atoms with Gasteiger partial charge in [-0.1, -0.05) is 13.3 Å². The Hall–Kier alpha value is -3.15. The summed E-state index contributed by atoms with van der Waals surface area (Å²) >= 11 is 0. The maximum Gasteiger partial charge on any atom is 0.310 e. The van der Waals surface area contributed by atoms with E-state index in [4.69, 9.17) is 13.9 Å². The second-order valence-corrected chi connectivity index (χ2v) is 6.28. The first kappa shape index (κ1) is 18.6. The average Bonchev–Trinajstić information content (AvgIpc) is 3.05. The number of furan rings is 1. The molecule has 1 heterocycles. The van der Waals surface area contributed by atoms with Crippen molar-refractivity contribution in [2.75, 3.05) is 7.11 Å². The van der Waals surface area contributed by atoms with Crippen molar-refractivity contribution in [1.29, 1.82) is 0 Å². The van der Waals surface area contributed by atoms with Crippen LogP contribution in [0.2, 0.25) is 0 Å². The number of rotatable bonds is 7. The van der Waals surface area contributed by atoms with Gasteiger partial charge in [-0.25, -0.2) is 0 Å². The molecule has 0 spiro atoms. The van der Waals surface area contributed by atoms with Crippen molar-refractivity contribution in [3.05, 3.63) is 53.3 Å². The molecule has 0 amide bonds. The van der Waals surface area contributed by atoms with Gasteiger partial charge in [0.05, 0.1) is 19.8 Å². The Morgan fingerprint density at radius 1 is 1.15 bits per heavy atom. The molecule has 27 heavy (non-hydrogen) atoms. The van der Waals surface area contributed by atoms with E-state index in [1.54, 1.807) is 12.3 Å². The first-order valence-corrected chi connectivity index (χ1v) is 8.76. The van der Waals surface area contributed by atoms with Crippen molar-refractivity contribution in [2.24, 2.45) is 0 Å². The van der Waals surface area contributed by atoms with E-state index in [1.807, 2.05) is 12.1 Å². The third kappa shape index (κ3) is 4.00. The Balaban J connectivity index is 1.90. The second kappa shape index (κ2) is 8.03. The molecule has 0 fully saturated rings. The molecule has 0 saturated carbocycles. The van der Waals surface area contributed by atoms with Crippen LogP contribution in [0.4, 0.5) is 0 Å². The zero-order chi connectivity index (χ0) is 19.4. The standard InChI is InChI=1S/C21H22O6/c1-3-4-17-19(26-11-13-5-6-15(22)10-18(13)23)8-7-16-14(9-20(24)25-2)12-27-21(16)17/h5-8,10,12,22-23H,3-4,9,11H2,1-2H3. The van der Waals surface area contributed by atoms with Crippen LogP contribution < -0.4 is 4.74 Å². The van der Waals surface area contributed by atoms with Crippen molar-refractivity contribution < 1.29 is 28.9 Å². The van der Waals surface area contributed by atoms with Gasteiger partial charge in [0.25, 0.3) is 0 Å². The summed E-state index contributed by atoms with van der Waals surface area (Å²) in [6, 6.07) is 8.11. The molecule has 3 aromatic rings. The average molecular weight is 370 g/mol. The van der Waals surface area contributed by atoms with Gasteiger partial charge in [0.2, 0.25) is 0 Å². The molecule has 0 saturated heterocycles. The van der Waals surface area contributed by atoms with Crippen LogP contribution in [0.5, 0.6) is 17.2 Å². The number of benzene rings is 2. The molecular formula is C21H22O6. The van der Waals surface area contributed by atoms with E-state index in [0.717, 1.165) is 29.4 Å². The van der Waals surface area contributed by atoms with Crippen molar-refractivity contribution in [2.45, 2.75) is 32.8 Å². The molecule has 3 rings (SSSR count). The number of hydrogen-bond donors (Lipinski definition) is 2. The van der Waals surface area contributed by atoms with Gasteiger partial charge in [-0.3, -0.25) is 4.79 Å². The summed E-state index contributed by atoms with van der Waals surface area (Å²) in [4.78, 5) is 11.6. The Morgan fingerprint density at radius 2 is 1.96 bits per heavy atom. The smallest absolute Gasteiger partial charge is 0.310 e. The highest BCUT2D eigenvalue weighted by Crippen LogP contribution is 2.34. The normalized spacial score (nSPS) is 10.9. The molecule has 142 valence electrons. The van der Waals surface area contributed by atoms with Gasteiger partial charge in [-0.15, -0.1) is 0 Å². The van der Waals surface area contributed by atoms with Gasteiger partial charge in [-0.05, 0) is 30.7 Å². The fourth-order valence-electron chi connectivity index (χ4n) is 3.01. The summed E-state index contributed by atoms with van der Waals surface area (Å²) in [7, 11) is 1.36. The zero-order valence-electron chi connectivity index (χ0n) is 15.3. The predicted molar refractivity (Wildman–Crippen MR) is 100 cm³/mol. The van der Waals surface area contributed by atoms with E-state index in [0.29, 0.717) is 16.9 Å². The number of esters is 1. The number of phenolic OH excluding ortho intramolecular Hbond substituents is 2. The van der Waals surface area contributed by atoms with Crippen LogP contribution >= 0.6 is 0 Å². The van der Waals surface area contributed by atoms with E-state index in [1.165, 1.54) is 19.2 Å². The van der Waals surface area contributed by atoms with E-state index < -0.39 is 0 Å². The SMILES string of the molecule is CCCc1c(OCc2ccc(O)cc2O)ccc2c(CC(=O)OC)coc12. The molecule has 1 aromatic heterocycles. The number of carbonyl (C=O) groups is 1. The monoisotopic (exact) mass is 370 g/mol. The number of aromatic hydroxyl groups is 2. The minimum absolute atomic E-state index is 0.00179. The lowest BCUT2D eigenvalue weighted by Gasteiger charge is -2.13. The molecule has 6 nitrogen and oxygen atoms in total. The molecule has 0 aliphatic rings. The summed E-state index contributed by atoms with van der Waals surface area (Å²) in [5.74, 6) is 0.318. The van der Waals surface area contributed by atoms with Gasteiger partial charge < -0.3 is 24.1 Å². The highest BCUT2D eigenvalue weighted by atomic mass is 16.5. The van der Waals surface area contributed by atoms with Crippen LogP contribution in [0, 0.1) is 0 Å². The zero-order valence-corrected chi connectivity index (χ0v) is 15.3. The molecule has 0 aliphatic carbocycles. The molecule has 6 heteroatoms. The third-order valence-corrected chi connectivity index (χ3v) is 4.40. The van der Waals surface area contributed by atoms with Gasteiger partial charge in [0.15, 0.2) is 0 Å². The number of hydrogen-bond acceptors (Lipinski definition) is 6. The van der Waals surface area contributed by atoms with Crippen molar-refractivity contribution >= 4 is 16.9 Å². The van der Waals surface area contributed by atoms with Gasteiger partial charge >= 0.3 is 5.97 Å². The number of ether oxygens (including phenoxy) is 2. The second-order valence-electron chi connectivity index (χ2n) is 6.28. The summed E-state index contributed by atoms with van der Waals surface area (Å²) in [6.07, 6.45) is 3.37. The lowest BCUT2D eigenvalue weighted by Crippen LogP contribution is -2.04. The number of fused-ring (bicyclic) bond motifs is 1. The van der Waals surface area contributed by atoms with E-state index in [9.17, 15) is 15.0 Å². The minimum atomic E-state index is -0.321. The van der Waals surface area contributed by atoms with Crippen LogP contribution in [-0.2, 0) is 29.0 Å². The van der Waals surface area contributed by atoms with Gasteiger partial charge in [0, 0.05) is 28.1 Å². The van der Waals surface area contributed by atoms with Crippen molar-refractivity contribution in [3.8, 4) is 17.2 Å². The third-order valence-electron chi connectivity index (χ3n) is 4.40. The van der Waals surface area contributed by atoms with Crippen molar-refractivity contribution in [1.82, 2.24) is 0 Å². The van der Waals surface area contributed by atoms with Gasteiger partial charge in [-0.2, -0.15) is 0 Å². The van der Waals surface area contributed by atoms with Crippen LogP contribution in [0.25, 0.3) is 11.0 Å². The highest BCUT2D eigenvalue weighted by molar-refractivity contribution is 5.89. The van der Waals surface area contributed by atoms with Crippen LogP contribution in [0.1, 0.15) is 30.0 Å². The van der Waals surface area contributed by atoms with Gasteiger partial charge in [0.1, 0.15) is 29.4 Å². The molecule has 2 N–H and O–H groups in total. The van der Waals surface area contributed by atoms with Crippen LogP contribution in [0.15, 0.2) is 41.0 Å². The maximum atomic E-state index is 11.6. The predicted octanol–water partition coefficient (Wildman–Crippen LogP) is 4.09. The lowest BCUT2D eigenvalue weighted by atomic mass is 10.0. The Kier molecular flexibility index (Phi) is 5.54. The number of carbonyl (C=O) groups excluding carboxylic acids is 1. The maximum absolute atomic E-state index is 11.6. The molecule has 0 aliphatic heterocycles. The minimum Gasteiger partial charge on any atom is -0.508 e. The molecule has 0 atom stereocenters. The molecular weight excluding hydrogens is 348 g/mol. The van der Waals surface area contributed by atoms with E-state index in [-0.39, 0.29) is 30.5 Å². The van der Waals surface area contributed by atoms with Crippen molar-refractivity contribution in [3.63, 3.8) is 0 Å². The van der Waals surface area contributed by atoms with Crippen LogP contribution in [0.3, 0.4) is 0 Å². The first-order chi connectivity index (χ1) is 13.0. The lowest BCUT2D eigenvalue weighted by molar-refractivity contribution is -0.139. The highest BCUT2D eigenvalue weighted by Gasteiger charge is 2.17. The molecule has 2 aromatic carbocycles. The van der Waals surface area contributed by atoms with Crippen LogP contribution in [-0.4, -0.2) is 23.3 Å². The first-order valence-electron chi connectivity index (χ1n) is 8.76. The summed E-state index contributed by atoms with van der Waals surface area (Å²) in [5.41, 5.74) is 2.96. The van der Waals surface area contributed by atoms with E-state index in [2.05, 4.69) is 6.92 Å². The summed E-state index contributed by atoms with van der Waals surface area (Å²) in [5, 5.41) is 20.2. The summed E-state index contributed by atoms with van der Waals surface area (Å²) < 4.78 is 16.4. The quantitative estimate of drug-likeness (QED) is 0.609. The Labute approximate surface area is 156 Å². The molecule has 0 unspecified atom stereocenters. The number of phenols is 2. The largest absolute Gasteiger partial charge is 0.508 e.